The van der Waals surface area contributed by atoms with Crippen LogP contribution >= 0.6 is 11.3 Å². The summed E-state index contributed by atoms with van der Waals surface area (Å²) in [5, 5.41) is 7.24. The molecular weight excluding hydrogens is 414 g/mol. The van der Waals surface area contributed by atoms with Crippen LogP contribution in [0.1, 0.15) is 28.5 Å². The minimum atomic E-state index is -0.372. The predicted octanol–water partition coefficient (Wildman–Crippen LogP) is 4.37. The first-order chi connectivity index (χ1) is 15.1. The quantitative estimate of drug-likeness (QED) is 0.417. The number of aromatic nitrogens is 1. The van der Waals surface area contributed by atoms with Gasteiger partial charge in [0.05, 0.1) is 25.0 Å². The SMILES string of the molecule is CCOC(=O)Cc1cscc1NC(=O)c1cc2ccoc2c(-c2cccc(CN)c2)n1. The molecule has 0 atom stereocenters. The summed E-state index contributed by atoms with van der Waals surface area (Å²) < 4.78 is 10.6. The Balaban J connectivity index is 1.66. The Hall–Kier alpha value is -3.49. The number of carbonyl (C=O) groups excluding carboxylic acids is 2. The number of nitrogens with one attached hydrogen (secondary N) is 1. The van der Waals surface area contributed by atoms with Gasteiger partial charge in [0.2, 0.25) is 0 Å². The normalized spacial score (nSPS) is 10.9. The first-order valence-electron chi connectivity index (χ1n) is 9.78. The van der Waals surface area contributed by atoms with E-state index in [2.05, 4.69) is 10.3 Å². The van der Waals surface area contributed by atoms with Crippen LogP contribution in [0.15, 0.2) is 57.8 Å². The highest BCUT2D eigenvalue weighted by Gasteiger charge is 2.18. The number of ether oxygens (including phenoxy) is 1. The van der Waals surface area contributed by atoms with E-state index in [1.807, 2.05) is 29.6 Å². The lowest BCUT2D eigenvalue weighted by Crippen LogP contribution is -2.16. The largest absolute Gasteiger partial charge is 0.466 e. The number of furan rings is 1. The number of esters is 1. The number of nitrogens with zero attached hydrogens (tertiary/aromatic N) is 1. The first kappa shape index (κ1) is 20.8. The van der Waals surface area contributed by atoms with Crippen LogP contribution in [0.5, 0.6) is 0 Å². The third kappa shape index (κ3) is 4.50. The Labute approximate surface area is 182 Å². The van der Waals surface area contributed by atoms with Crippen molar-refractivity contribution >= 4 is 39.9 Å². The summed E-state index contributed by atoms with van der Waals surface area (Å²) in [5.74, 6) is -0.709. The molecule has 0 aliphatic rings. The van der Waals surface area contributed by atoms with Crippen molar-refractivity contribution in [3.63, 3.8) is 0 Å². The molecule has 1 aromatic carbocycles. The van der Waals surface area contributed by atoms with Crippen LogP contribution in [0.2, 0.25) is 0 Å². The van der Waals surface area contributed by atoms with Gasteiger partial charge in [-0.25, -0.2) is 4.98 Å². The molecule has 3 N–H and O–H groups in total. The summed E-state index contributed by atoms with van der Waals surface area (Å²) in [6, 6.07) is 11.1. The molecule has 0 spiro atoms. The molecular formula is C23H21N3O4S. The van der Waals surface area contributed by atoms with Gasteiger partial charge >= 0.3 is 5.97 Å². The Morgan fingerprint density at radius 2 is 2.10 bits per heavy atom. The van der Waals surface area contributed by atoms with E-state index in [1.165, 1.54) is 11.3 Å². The summed E-state index contributed by atoms with van der Waals surface area (Å²) >= 11 is 1.40. The van der Waals surface area contributed by atoms with Gasteiger partial charge in [0.15, 0.2) is 5.58 Å². The van der Waals surface area contributed by atoms with Gasteiger partial charge in [0.25, 0.3) is 5.91 Å². The summed E-state index contributed by atoms with van der Waals surface area (Å²) in [4.78, 5) is 29.4. The van der Waals surface area contributed by atoms with Crippen LogP contribution in [0.4, 0.5) is 5.69 Å². The second-order valence-electron chi connectivity index (χ2n) is 6.85. The second kappa shape index (κ2) is 9.11. The van der Waals surface area contributed by atoms with E-state index in [-0.39, 0.29) is 24.0 Å². The van der Waals surface area contributed by atoms with Gasteiger partial charge in [-0.05, 0) is 41.6 Å². The molecule has 0 unspecified atom stereocenters. The Morgan fingerprint density at radius 3 is 2.90 bits per heavy atom. The third-order valence-electron chi connectivity index (χ3n) is 4.73. The molecule has 4 rings (SSSR count). The zero-order valence-electron chi connectivity index (χ0n) is 16.9. The van der Waals surface area contributed by atoms with Gasteiger partial charge in [-0.2, -0.15) is 0 Å². The van der Waals surface area contributed by atoms with E-state index in [4.69, 9.17) is 14.9 Å². The van der Waals surface area contributed by atoms with E-state index in [0.29, 0.717) is 35.7 Å². The summed E-state index contributed by atoms with van der Waals surface area (Å²) in [6.45, 7) is 2.47. The number of anilines is 1. The highest BCUT2D eigenvalue weighted by molar-refractivity contribution is 7.08. The number of hydrogen-bond acceptors (Lipinski definition) is 7. The Morgan fingerprint density at radius 1 is 1.23 bits per heavy atom. The number of pyridine rings is 1. The molecule has 31 heavy (non-hydrogen) atoms. The number of carbonyl (C=O) groups is 2. The molecule has 0 bridgehead atoms. The van der Waals surface area contributed by atoms with Crippen molar-refractivity contribution in [1.82, 2.24) is 4.98 Å². The zero-order chi connectivity index (χ0) is 21.8. The van der Waals surface area contributed by atoms with Crippen molar-refractivity contribution in [3.05, 3.63) is 70.2 Å². The van der Waals surface area contributed by atoms with E-state index in [9.17, 15) is 9.59 Å². The fourth-order valence-electron chi connectivity index (χ4n) is 3.26. The molecule has 158 valence electrons. The number of fused-ring (bicyclic) bond motifs is 1. The highest BCUT2D eigenvalue weighted by atomic mass is 32.1. The zero-order valence-corrected chi connectivity index (χ0v) is 17.7. The fraction of sp³-hybridized carbons (Fsp3) is 0.174. The first-order valence-corrected chi connectivity index (χ1v) is 10.7. The van der Waals surface area contributed by atoms with Crippen LogP contribution in [0, 0.1) is 0 Å². The van der Waals surface area contributed by atoms with E-state index in [0.717, 1.165) is 16.5 Å². The molecule has 3 aromatic heterocycles. The molecule has 0 radical (unpaired) electrons. The molecule has 7 nitrogen and oxygen atoms in total. The minimum Gasteiger partial charge on any atom is -0.466 e. The summed E-state index contributed by atoms with van der Waals surface area (Å²) in [7, 11) is 0. The Bertz CT molecular complexity index is 1240. The van der Waals surface area contributed by atoms with Crippen LogP contribution in [-0.4, -0.2) is 23.5 Å². The van der Waals surface area contributed by atoms with Crippen LogP contribution in [-0.2, 0) is 22.5 Å². The number of benzene rings is 1. The average Bonchev–Trinajstić information content (AvgIpc) is 3.42. The van der Waals surface area contributed by atoms with E-state index < -0.39 is 0 Å². The van der Waals surface area contributed by atoms with Crippen molar-refractivity contribution < 1.29 is 18.7 Å². The molecule has 1 amide bonds. The molecule has 0 fully saturated rings. The number of thiophene rings is 1. The second-order valence-corrected chi connectivity index (χ2v) is 7.59. The molecule has 0 aliphatic heterocycles. The minimum absolute atomic E-state index is 0.0955. The molecule has 0 saturated carbocycles. The number of nitrogens with two attached hydrogens (primary N) is 1. The Kier molecular flexibility index (Phi) is 6.11. The molecule has 4 aromatic rings. The molecule has 3 heterocycles. The standard InChI is InChI=1S/C23H21N3O4S/c1-2-29-20(27)10-17-12-31-13-19(17)26-23(28)18-9-16-6-7-30-22(16)21(25-18)15-5-3-4-14(8-15)11-24/h3-9,12-13H,2,10-11,24H2,1H3,(H,26,28). The van der Waals surface area contributed by atoms with Crippen LogP contribution < -0.4 is 11.1 Å². The van der Waals surface area contributed by atoms with E-state index >= 15 is 0 Å². The lowest BCUT2D eigenvalue weighted by molar-refractivity contribution is -0.142. The van der Waals surface area contributed by atoms with Gasteiger partial charge in [-0.15, -0.1) is 11.3 Å². The average molecular weight is 436 g/mol. The van der Waals surface area contributed by atoms with Crippen molar-refractivity contribution in [2.45, 2.75) is 19.9 Å². The topological polar surface area (TPSA) is 107 Å². The van der Waals surface area contributed by atoms with Crippen molar-refractivity contribution in [1.29, 1.82) is 0 Å². The fourth-order valence-corrected chi connectivity index (χ4v) is 4.05. The molecule has 0 saturated heterocycles. The number of amides is 1. The maximum absolute atomic E-state index is 13.0. The van der Waals surface area contributed by atoms with Gasteiger partial charge in [0.1, 0.15) is 11.4 Å². The maximum atomic E-state index is 13.0. The maximum Gasteiger partial charge on any atom is 0.310 e. The lowest BCUT2D eigenvalue weighted by Gasteiger charge is -2.09. The smallest absolute Gasteiger partial charge is 0.310 e. The monoisotopic (exact) mass is 435 g/mol. The van der Waals surface area contributed by atoms with Gasteiger partial charge < -0.3 is 20.2 Å². The summed E-state index contributed by atoms with van der Waals surface area (Å²) in [6.07, 6.45) is 1.67. The number of rotatable bonds is 7. The van der Waals surface area contributed by atoms with Gasteiger partial charge in [0, 0.05) is 22.9 Å². The predicted molar refractivity (Wildman–Crippen MR) is 120 cm³/mol. The van der Waals surface area contributed by atoms with Gasteiger partial charge in [-0.3, -0.25) is 9.59 Å². The summed E-state index contributed by atoms with van der Waals surface area (Å²) in [5.41, 5.74) is 10.2. The van der Waals surface area contributed by atoms with Gasteiger partial charge in [-0.1, -0.05) is 18.2 Å². The lowest BCUT2D eigenvalue weighted by atomic mass is 10.1. The molecule has 8 heteroatoms. The van der Waals surface area contributed by atoms with Crippen LogP contribution in [0.3, 0.4) is 0 Å². The highest BCUT2D eigenvalue weighted by Crippen LogP contribution is 2.30. The number of hydrogen-bond donors (Lipinski definition) is 2. The van der Waals surface area contributed by atoms with Crippen molar-refractivity contribution in [3.8, 4) is 11.3 Å². The van der Waals surface area contributed by atoms with Crippen molar-refractivity contribution in [2.24, 2.45) is 5.73 Å². The van der Waals surface area contributed by atoms with Crippen molar-refractivity contribution in [2.75, 3.05) is 11.9 Å². The van der Waals surface area contributed by atoms with Crippen LogP contribution in [0.25, 0.3) is 22.2 Å². The molecule has 0 aliphatic carbocycles. The van der Waals surface area contributed by atoms with E-state index in [1.54, 1.807) is 30.7 Å². The third-order valence-corrected chi connectivity index (χ3v) is 5.53.